The van der Waals surface area contributed by atoms with E-state index >= 15 is 0 Å². The molecule has 0 bridgehead atoms. The second-order valence-corrected chi connectivity index (χ2v) is 8.81. The average Bonchev–Trinajstić information content (AvgIpc) is 2.82. The van der Waals surface area contributed by atoms with E-state index in [4.69, 9.17) is 27.9 Å². The number of ether oxygens (including phenoxy) is 1. The van der Waals surface area contributed by atoms with Crippen molar-refractivity contribution >= 4 is 35.0 Å². The Hall–Kier alpha value is -3.02. The zero-order chi connectivity index (χ0) is 24.5. The van der Waals surface area contributed by atoms with Gasteiger partial charge in [0.25, 0.3) is 5.91 Å². The van der Waals surface area contributed by atoms with E-state index < -0.39 is 6.04 Å². The molecule has 0 aliphatic heterocycles. The van der Waals surface area contributed by atoms with Crippen LogP contribution < -0.4 is 10.1 Å². The number of nitrogens with one attached hydrogen (secondary N) is 1. The first-order valence-electron chi connectivity index (χ1n) is 11.1. The van der Waals surface area contributed by atoms with E-state index in [1.807, 2.05) is 62.4 Å². The van der Waals surface area contributed by atoms with Crippen molar-refractivity contribution in [3.63, 3.8) is 0 Å². The summed E-state index contributed by atoms with van der Waals surface area (Å²) >= 11 is 12.5. The summed E-state index contributed by atoms with van der Waals surface area (Å²) in [6.45, 7) is 4.18. The van der Waals surface area contributed by atoms with Crippen molar-refractivity contribution in [1.82, 2.24) is 10.2 Å². The normalized spacial score (nSPS) is 11.5. The summed E-state index contributed by atoms with van der Waals surface area (Å²) in [6.07, 6.45) is 0.355. The molecule has 0 unspecified atom stereocenters. The minimum Gasteiger partial charge on any atom is -0.484 e. The van der Waals surface area contributed by atoms with Crippen molar-refractivity contribution < 1.29 is 14.3 Å². The largest absolute Gasteiger partial charge is 0.484 e. The van der Waals surface area contributed by atoms with Crippen LogP contribution in [0.4, 0.5) is 0 Å². The number of carbonyl (C=O) groups is 2. The van der Waals surface area contributed by atoms with Crippen molar-refractivity contribution in [2.75, 3.05) is 13.2 Å². The molecule has 7 heteroatoms. The van der Waals surface area contributed by atoms with Crippen molar-refractivity contribution in [3.8, 4) is 5.75 Å². The summed E-state index contributed by atoms with van der Waals surface area (Å²) in [4.78, 5) is 28.1. The Kier molecular flexibility index (Phi) is 9.37. The fraction of sp³-hybridized carbons (Fsp3) is 0.259. The Morgan fingerprint density at radius 3 is 2.44 bits per heavy atom. The molecule has 5 nitrogen and oxygen atoms in total. The van der Waals surface area contributed by atoms with Crippen LogP contribution in [-0.4, -0.2) is 35.9 Å². The van der Waals surface area contributed by atoms with Gasteiger partial charge in [-0.1, -0.05) is 71.7 Å². The maximum Gasteiger partial charge on any atom is 0.261 e. The van der Waals surface area contributed by atoms with Crippen LogP contribution in [0.5, 0.6) is 5.75 Å². The Morgan fingerprint density at radius 1 is 1.00 bits per heavy atom. The summed E-state index contributed by atoms with van der Waals surface area (Å²) in [5.74, 6) is 0.0375. The SMILES string of the molecule is CCNC(=O)[C@@H](Cc1ccccc1)N(Cc1ccc(Cl)cc1Cl)C(=O)COc1cccc(C)c1. The molecule has 1 atom stereocenters. The number of amides is 2. The summed E-state index contributed by atoms with van der Waals surface area (Å²) in [7, 11) is 0. The Bertz CT molecular complexity index is 1120. The van der Waals surface area contributed by atoms with Gasteiger partial charge in [0, 0.05) is 29.6 Å². The standard InChI is InChI=1S/C27H28Cl2N2O3/c1-3-30-27(33)25(15-20-9-5-4-6-10-20)31(17-21-12-13-22(28)16-24(21)29)26(32)18-34-23-11-7-8-19(2)14-23/h4-14,16,25H,3,15,17-18H2,1-2H3,(H,30,33)/t25-/m1/s1. The van der Waals surface area contributed by atoms with Gasteiger partial charge in [0.05, 0.1) is 0 Å². The molecular weight excluding hydrogens is 471 g/mol. The lowest BCUT2D eigenvalue weighted by Gasteiger charge is -2.31. The number of hydrogen-bond donors (Lipinski definition) is 1. The molecule has 3 aromatic rings. The van der Waals surface area contributed by atoms with Crippen molar-refractivity contribution in [2.45, 2.75) is 32.9 Å². The molecule has 0 heterocycles. The van der Waals surface area contributed by atoms with Gasteiger partial charge in [-0.3, -0.25) is 9.59 Å². The van der Waals surface area contributed by atoms with Crippen molar-refractivity contribution in [1.29, 1.82) is 0 Å². The van der Waals surface area contributed by atoms with Crippen molar-refractivity contribution in [3.05, 3.63) is 99.5 Å². The highest BCUT2D eigenvalue weighted by molar-refractivity contribution is 6.35. The third-order valence-electron chi connectivity index (χ3n) is 5.33. The molecule has 178 valence electrons. The molecule has 0 fully saturated rings. The fourth-order valence-corrected chi connectivity index (χ4v) is 4.08. The first-order valence-corrected chi connectivity index (χ1v) is 11.9. The third-order valence-corrected chi connectivity index (χ3v) is 5.92. The number of carbonyl (C=O) groups excluding carboxylic acids is 2. The third kappa shape index (κ3) is 7.24. The summed E-state index contributed by atoms with van der Waals surface area (Å²) in [5.41, 5.74) is 2.66. The van der Waals surface area contributed by atoms with Crippen LogP contribution in [-0.2, 0) is 22.6 Å². The lowest BCUT2D eigenvalue weighted by molar-refractivity contribution is -0.142. The Morgan fingerprint density at radius 2 is 1.76 bits per heavy atom. The highest BCUT2D eigenvalue weighted by Crippen LogP contribution is 2.24. The molecule has 0 aliphatic rings. The van der Waals surface area contributed by atoms with Crippen LogP contribution in [0.1, 0.15) is 23.6 Å². The molecule has 2 amide bonds. The molecular formula is C27H28Cl2N2O3. The predicted molar refractivity (Wildman–Crippen MR) is 136 cm³/mol. The summed E-state index contributed by atoms with van der Waals surface area (Å²) in [6, 6.07) is 21.5. The molecule has 0 radical (unpaired) electrons. The van der Waals surface area contributed by atoms with Crippen LogP contribution in [0.3, 0.4) is 0 Å². The molecule has 34 heavy (non-hydrogen) atoms. The maximum atomic E-state index is 13.5. The number of aryl methyl sites for hydroxylation is 1. The van der Waals surface area contributed by atoms with E-state index in [0.717, 1.165) is 11.1 Å². The smallest absolute Gasteiger partial charge is 0.261 e. The van der Waals surface area contributed by atoms with Gasteiger partial charge >= 0.3 is 0 Å². The minimum atomic E-state index is -0.747. The number of nitrogens with zero attached hydrogens (tertiary/aromatic N) is 1. The number of rotatable bonds is 10. The minimum absolute atomic E-state index is 0.140. The van der Waals surface area contributed by atoms with Gasteiger partial charge < -0.3 is 15.0 Å². The van der Waals surface area contributed by atoms with Gasteiger partial charge in [0.15, 0.2) is 6.61 Å². The van der Waals surface area contributed by atoms with Gasteiger partial charge in [-0.2, -0.15) is 0 Å². The Balaban J connectivity index is 1.92. The van der Waals surface area contributed by atoms with E-state index in [-0.39, 0.29) is 25.0 Å². The number of halogens is 2. The van der Waals surface area contributed by atoms with E-state index in [1.54, 1.807) is 24.3 Å². The van der Waals surface area contributed by atoms with Gasteiger partial charge in [0.1, 0.15) is 11.8 Å². The van der Waals surface area contributed by atoms with Gasteiger partial charge in [-0.15, -0.1) is 0 Å². The monoisotopic (exact) mass is 498 g/mol. The maximum absolute atomic E-state index is 13.5. The topological polar surface area (TPSA) is 58.6 Å². The highest BCUT2D eigenvalue weighted by Gasteiger charge is 2.31. The fourth-order valence-electron chi connectivity index (χ4n) is 3.61. The zero-order valence-electron chi connectivity index (χ0n) is 19.3. The van der Waals surface area contributed by atoms with Crippen LogP contribution in [0, 0.1) is 6.92 Å². The number of hydrogen-bond acceptors (Lipinski definition) is 3. The molecule has 1 N–H and O–H groups in total. The lowest BCUT2D eigenvalue weighted by Crippen LogP contribution is -2.51. The van der Waals surface area contributed by atoms with Gasteiger partial charge in [-0.25, -0.2) is 0 Å². The average molecular weight is 499 g/mol. The predicted octanol–water partition coefficient (Wildman–Crippen LogP) is 5.46. The van der Waals surface area contributed by atoms with Gasteiger partial charge in [-0.05, 0) is 54.8 Å². The van der Waals surface area contributed by atoms with E-state index in [0.29, 0.717) is 34.3 Å². The molecule has 3 rings (SSSR count). The molecule has 3 aromatic carbocycles. The van der Waals surface area contributed by atoms with Crippen LogP contribution in [0.2, 0.25) is 10.0 Å². The molecule has 0 saturated heterocycles. The summed E-state index contributed by atoms with van der Waals surface area (Å²) < 4.78 is 5.78. The highest BCUT2D eigenvalue weighted by atomic mass is 35.5. The Labute approximate surface area is 210 Å². The first kappa shape index (κ1) is 25.6. The second-order valence-electron chi connectivity index (χ2n) is 7.96. The van der Waals surface area contributed by atoms with Crippen LogP contribution in [0.25, 0.3) is 0 Å². The van der Waals surface area contributed by atoms with E-state index in [9.17, 15) is 9.59 Å². The van der Waals surface area contributed by atoms with Crippen LogP contribution >= 0.6 is 23.2 Å². The second kappa shape index (κ2) is 12.4. The van der Waals surface area contributed by atoms with E-state index in [2.05, 4.69) is 5.32 Å². The lowest BCUT2D eigenvalue weighted by atomic mass is 10.0. The molecule has 0 aliphatic carbocycles. The molecule has 0 spiro atoms. The van der Waals surface area contributed by atoms with Gasteiger partial charge in [0.2, 0.25) is 5.91 Å². The molecule has 0 aromatic heterocycles. The zero-order valence-corrected chi connectivity index (χ0v) is 20.8. The number of benzene rings is 3. The first-order chi connectivity index (χ1) is 16.4. The summed E-state index contributed by atoms with van der Waals surface area (Å²) in [5, 5.41) is 3.79. The quantitative estimate of drug-likeness (QED) is 0.403. The molecule has 0 saturated carbocycles. The number of likely N-dealkylation sites (N-methyl/N-ethyl adjacent to an activating group) is 1. The van der Waals surface area contributed by atoms with Crippen molar-refractivity contribution in [2.24, 2.45) is 0 Å². The van der Waals surface area contributed by atoms with E-state index in [1.165, 1.54) is 4.90 Å². The van der Waals surface area contributed by atoms with Crippen LogP contribution in [0.15, 0.2) is 72.8 Å².